The molecule has 0 saturated heterocycles. The smallest absolute Gasteiger partial charge is 0.386 e. The summed E-state index contributed by atoms with van der Waals surface area (Å²) in [6, 6.07) is 16.6. The number of hydrogen-bond acceptors (Lipinski definition) is 6. The predicted octanol–water partition coefficient (Wildman–Crippen LogP) is 3.57. The number of benzene rings is 2. The van der Waals surface area contributed by atoms with Gasteiger partial charge >= 0.3 is 11.9 Å². The molecular formula is C19H20O6. The molecule has 0 saturated carbocycles. The van der Waals surface area contributed by atoms with E-state index in [0.717, 1.165) is 12.8 Å². The molecule has 0 N–H and O–H groups in total. The Bertz CT molecular complexity index is 588. The van der Waals surface area contributed by atoms with Gasteiger partial charge in [0, 0.05) is 0 Å². The highest BCUT2D eigenvalue weighted by Crippen LogP contribution is 2.05. The van der Waals surface area contributed by atoms with Gasteiger partial charge in [-0.15, -0.1) is 0 Å². The summed E-state index contributed by atoms with van der Waals surface area (Å²) >= 11 is 0. The quantitative estimate of drug-likeness (QED) is 0.345. The standard InChI is InChI=1S/C14H10O4.C5H10O2/c15-13(11-7-3-1-4-8-11)17-18-14(16)12-9-5-2-6-10-12;1-2-3-4-7-5-6/h1-10H;5H,2-4H2,1H3. The maximum atomic E-state index is 11.5. The maximum Gasteiger partial charge on any atom is 0.386 e. The Morgan fingerprint density at radius 1 is 0.840 bits per heavy atom. The predicted molar refractivity (Wildman–Crippen MR) is 90.6 cm³/mol. The molecule has 0 radical (unpaired) electrons. The van der Waals surface area contributed by atoms with Crippen LogP contribution in [0.5, 0.6) is 0 Å². The summed E-state index contributed by atoms with van der Waals surface area (Å²) in [5, 5.41) is 0. The number of carbonyl (C=O) groups is 3. The van der Waals surface area contributed by atoms with Crippen LogP contribution in [0.1, 0.15) is 40.5 Å². The lowest BCUT2D eigenvalue weighted by Crippen LogP contribution is -2.11. The monoisotopic (exact) mass is 344 g/mol. The third kappa shape index (κ3) is 8.31. The summed E-state index contributed by atoms with van der Waals surface area (Å²) in [4.78, 5) is 41.3. The third-order valence-electron chi connectivity index (χ3n) is 2.90. The zero-order valence-electron chi connectivity index (χ0n) is 13.9. The second kappa shape index (κ2) is 12.3. The molecule has 6 heteroatoms. The lowest BCUT2D eigenvalue weighted by molar-refractivity contribution is -0.187. The molecule has 2 aromatic carbocycles. The van der Waals surface area contributed by atoms with E-state index >= 15 is 0 Å². The highest BCUT2D eigenvalue weighted by Gasteiger charge is 2.12. The van der Waals surface area contributed by atoms with Crippen LogP contribution >= 0.6 is 0 Å². The average Bonchev–Trinajstić information content (AvgIpc) is 2.68. The van der Waals surface area contributed by atoms with Gasteiger partial charge in [-0.1, -0.05) is 49.7 Å². The van der Waals surface area contributed by atoms with Crippen molar-refractivity contribution in [3.8, 4) is 0 Å². The van der Waals surface area contributed by atoms with Crippen molar-refractivity contribution in [2.24, 2.45) is 0 Å². The number of ether oxygens (including phenoxy) is 1. The molecule has 2 aromatic rings. The molecule has 0 aliphatic heterocycles. The van der Waals surface area contributed by atoms with E-state index in [1.165, 1.54) is 0 Å². The van der Waals surface area contributed by atoms with E-state index < -0.39 is 11.9 Å². The first kappa shape index (κ1) is 19.9. The van der Waals surface area contributed by atoms with Crippen molar-refractivity contribution in [3.63, 3.8) is 0 Å². The fraction of sp³-hybridized carbons (Fsp3) is 0.211. The molecule has 0 aliphatic rings. The molecule has 0 fully saturated rings. The normalized spacial score (nSPS) is 9.16. The van der Waals surface area contributed by atoms with Crippen LogP contribution in [0.4, 0.5) is 0 Å². The Kier molecular flexibility index (Phi) is 9.78. The molecule has 0 unspecified atom stereocenters. The second-order valence-corrected chi connectivity index (χ2v) is 4.79. The molecular weight excluding hydrogens is 324 g/mol. The number of carbonyl (C=O) groups excluding carboxylic acids is 3. The Balaban J connectivity index is 0.000000381. The van der Waals surface area contributed by atoms with Gasteiger partial charge in [0.15, 0.2) is 0 Å². The van der Waals surface area contributed by atoms with Gasteiger partial charge in [-0.05, 0) is 30.7 Å². The van der Waals surface area contributed by atoms with Crippen molar-refractivity contribution in [2.45, 2.75) is 19.8 Å². The van der Waals surface area contributed by atoms with Gasteiger partial charge < -0.3 is 4.74 Å². The Hall–Kier alpha value is -3.15. The molecule has 6 nitrogen and oxygen atoms in total. The second-order valence-electron chi connectivity index (χ2n) is 4.79. The van der Waals surface area contributed by atoms with Gasteiger partial charge in [0.2, 0.25) is 0 Å². The molecule has 0 bridgehead atoms. The summed E-state index contributed by atoms with van der Waals surface area (Å²) in [7, 11) is 0. The van der Waals surface area contributed by atoms with Crippen LogP contribution in [0.15, 0.2) is 60.7 Å². The fourth-order valence-corrected chi connectivity index (χ4v) is 1.60. The zero-order chi connectivity index (χ0) is 18.3. The highest BCUT2D eigenvalue weighted by molar-refractivity contribution is 5.92. The topological polar surface area (TPSA) is 78.9 Å². The minimum atomic E-state index is -0.708. The molecule has 132 valence electrons. The maximum absolute atomic E-state index is 11.5. The van der Waals surface area contributed by atoms with Crippen LogP contribution in [0.2, 0.25) is 0 Å². The molecule has 0 spiro atoms. The van der Waals surface area contributed by atoms with Gasteiger partial charge in [0.25, 0.3) is 6.47 Å². The Morgan fingerprint density at radius 2 is 1.28 bits per heavy atom. The first-order valence-corrected chi connectivity index (χ1v) is 7.77. The molecule has 0 amide bonds. The van der Waals surface area contributed by atoms with Crippen LogP contribution in [0.3, 0.4) is 0 Å². The van der Waals surface area contributed by atoms with Crippen LogP contribution in [-0.2, 0) is 19.3 Å². The molecule has 2 rings (SSSR count). The van der Waals surface area contributed by atoms with Gasteiger partial charge in [0.1, 0.15) is 0 Å². The van der Waals surface area contributed by atoms with E-state index in [1.807, 2.05) is 6.92 Å². The summed E-state index contributed by atoms with van der Waals surface area (Å²) in [6.45, 7) is 3.10. The first-order valence-electron chi connectivity index (χ1n) is 7.77. The van der Waals surface area contributed by atoms with Crippen LogP contribution in [-0.4, -0.2) is 25.0 Å². The molecule has 0 atom stereocenters. The third-order valence-corrected chi connectivity index (χ3v) is 2.90. The number of unbranched alkanes of at least 4 members (excludes halogenated alkanes) is 1. The highest BCUT2D eigenvalue weighted by atomic mass is 17.2. The SMILES string of the molecule is CCCCOC=O.O=C(OOC(=O)c1ccccc1)c1ccccc1. The van der Waals surface area contributed by atoms with E-state index in [-0.39, 0.29) is 0 Å². The van der Waals surface area contributed by atoms with E-state index in [2.05, 4.69) is 14.5 Å². The molecule has 25 heavy (non-hydrogen) atoms. The lowest BCUT2D eigenvalue weighted by atomic mass is 10.2. The van der Waals surface area contributed by atoms with Gasteiger partial charge in [-0.25, -0.2) is 19.4 Å². The Labute approximate surface area is 146 Å². The van der Waals surface area contributed by atoms with Gasteiger partial charge in [-0.2, -0.15) is 0 Å². The van der Waals surface area contributed by atoms with Crippen LogP contribution < -0.4 is 0 Å². The van der Waals surface area contributed by atoms with Crippen LogP contribution in [0, 0.1) is 0 Å². The summed E-state index contributed by atoms with van der Waals surface area (Å²) in [6.07, 6.45) is 2.05. The van der Waals surface area contributed by atoms with E-state index in [9.17, 15) is 14.4 Å². The van der Waals surface area contributed by atoms with E-state index in [0.29, 0.717) is 24.2 Å². The van der Waals surface area contributed by atoms with Gasteiger partial charge in [-0.3, -0.25) is 4.79 Å². The minimum Gasteiger partial charge on any atom is -0.468 e. The van der Waals surface area contributed by atoms with Crippen molar-refractivity contribution >= 4 is 18.4 Å². The molecule has 0 aliphatic carbocycles. The Morgan fingerprint density at radius 3 is 1.64 bits per heavy atom. The summed E-state index contributed by atoms with van der Waals surface area (Å²) in [5.41, 5.74) is 0.636. The first-order chi connectivity index (χ1) is 12.2. The van der Waals surface area contributed by atoms with Crippen molar-refractivity contribution < 1.29 is 28.9 Å². The van der Waals surface area contributed by atoms with Crippen LogP contribution in [0.25, 0.3) is 0 Å². The molecule has 0 heterocycles. The fourth-order valence-electron chi connectivity index (χ4n) is 1.60. The van der Waals surface area contributed by atoms with Crippen molar-refractivity contribution in [1.82, 2.24) is 0 Å². The molecule has 0 aromatic heterocycles. The average molecular weight is 344 g/mol. The largest absolute Gasteiger partial charge is 0.468 e. The lowest BCUT2D eigenvalue weighted by Gasteiger charge is -2.02. The van der Waals surface area contributed by atoms with E-state index in [4.69, 9.17) is 0 Å². The van der Waals surface area contributed by atoms with Crippen molar-refractivity contribution in [3.05, 3.63) is 71.8 Å². The minimum absolute atomic E-state index is 0.318. The van der Waals surface area contributed by atoms with Gasteiger partial charge in [0.05, 0.1) is 17.7 Å². The van der Waals surface area contributed by atoms with E-state index in [1.54, 1.807) is 60.7 Å². The van der Waals surface area contributed by atoms with Crippen molar-refractivity contribution in [2.75, 3.05) is 6.61 Å². The van der Waals surface area contributed by atoms with Crippen molar-refractivity contribution in [1.29, 1.82) is 0 Å². The number of hydrogen-bond donors (Lipinski definition) is 0. The number of rotatable bonds is 6. The zero-order valence-corrected chi connectivity index (χ0v) is 13.9. The summed E-state index contributed by atoms with van der Waals surface area (Å²) in [5.74, 6) is -1.42. The summed E-state index contributed by atoms with van der Waals surface area (Å²) < 4.78 is 4.39.